The van der Waals surface area contributed by atoms with Crippen molar-refractivity contribution in [3.8, 4) is 0 Å². The van der Waals surface area contributed by atoms with Crippen LogP contribution in [-0.4, -0.2) is 46.7 Å². The smallest absolute Gasteiger partial charge is 0.275 e. The largest absolute Gasteiger partial charge is 0.333 e. The molecule has 2 atom stereocenters. The predicted molar refractivity (Wildman–Crippen MR) is 71.9 cm³/mol. The number of hydrogen-bond donors (Lipinski definition) is 2. The number of benzene rings is 1. The molecule has 0 saturated carbocycles. The van der Waals surface area contributed by atoms with E-state index < -0.39 is 0 Å². The van der Waals surface area contributed by atoms with Gasteiger partial charge in [-0.15, -0.1) is 0 Å². The highest BCUT2D eigenvalue weighted by molar-refractivity contribution is 6.04. The third-order valence-electron chi connectivity index (χ3n) is 4.38. The first-order valence-corrected chi connectivity index (χ1v) is 6.79. The fourth-order valence-electron chi connectivity index (χ4n) is 3.36. The van der Waals surface area contributed by atoms with Crippen LogP contribution in [0.1, 0.15) is 16.9 Å². The quantitative estimate of drug-likeness (QED) is 0.800. The summed E-state index contributed by atoms with van der Waals surface area (Å²) >= 11 is 0. The van der Waals surface area contributed by atoms with Crippen LogP contribution in [-0.2, 0) is 0 Å². The molecular weight excluding hydrogens is 240 g/mol. The summed E-state index contributed by atoms with van der Waals surface area (Å²) in [6, 6.07) is 8.14. The SMILES string of the molecule is O=C(c1n[nH]c2ccccc12)N1CC[C@H]2CNC[C@H]21. The number of rotatable bonds is 1. The molecule has 2 aromatic rings. The topological polar surface area (TPSA) is 61.0 Å². The maximum absolute atomic E-state index is 12.7. The molecule has 2 aliphatic rings. The van der Waals surface area contributed by atoms with Crippen LogP contribution >= 0.6 is 0 Å². The predicted octanol–water partition coefficient (Wildman–Crippen LogP) is 0.997. The Kier molecular flexibility index (Phi) is 2.35. The van der Waals surface area contributed by atoms with Crippen molar-refractivity contribution in [1.29, 1.82) is 0 Å². The number of nitrogens with zero attached hydrogens (tertiary/aromatic N) is 2. The molecule has 0 aliphatic carbocycles. The third-order valence-corrected chi connectivity index (χ3v) is 4.38. The van der Waals surface area contributed by atoms with Gasteiger partial charge in [0.1, 0.15) is 0 Å². The second-order valence-corrected chi connectivity index (χ2v) is 5.39. The van der Waals surface area contributed by atoms with Crippen molar-refractivity contribution >= 4 is 16.8 Å². The molecule has 0 bridgehead atoms. The number of carbonyl (C=O) groups is 1. The van der Waals surface area contributed by atoms with Crippen LogP contribution in [0.5, 0.6) is 0 Å². The van der Waals surface area contributed by atoms with Gasteiger partial charge in [-0.05, 0) is 18.4 Å². The van der Waals surface area contributed by atoms with E-state index in [9.17, 15) is 4.79 Å². The summed E-state index contributed by atoms with van der Waals surface area (Å²) in [5.41, 5.74) is 1.48. The van der Waals surface area contributed by atoms with Gasteiger partial charge in [0.25, 0.3) is 5.91 Å². The van der Waals surface area contributed by atoms with Crippen molar-refractivity contribution in [2.45, 2.75) is 12.5 Å². The summed E-state index contributed by atoms with van der Waals surface area (Å²) in [6.07, 6.45) is 1.10. The number of amides is 1. The number of aromatic nitrogens is 2. The van der Waals surface area contributed by atoms with E-state index in [1.807, 2.05) is 29.2 Å². The van der Waals surface area contributed by atoms with E-state index in [1.54, 1.807) is 0 Å². The maximum atomic E-state index is 12.7. The lowest BCUT2D eigenvalue weighted by atomic mass is 10.1. The molecule has 0 unspecified atom stereocenters. The Labute approximate surface area is 111 Å². The Bertz CT molecular complexity index is 635. The second-order valence-electron chi connectivity index (χ2n) is 5.39. The summed E-state index contributed by atoms with van der Waals surface area (Å²) < 4.78 is 0. The molecule has 1 amide bonds. The van der Waals surface area contributed by atoms with Crippen molar-refractivity contribution in [1.82, 2.24) is 20.4 Å². The van der Waals surface area contributed by atoms with Gasteiger partial charge in [0.2, 0.25) is 0 Å². The molecule has 2 N–H and O–H groups in total. The maximum Gasteiger partial charge on any atom is 0.275 e. The monoisotopic (exact) mass is 256 g/mol. The average molecular weight is 256 g/mol. The Morgan fingerprint density at radius 1 is 1.32 bits per heavy atom. The fraction of sp³-hybridized carbons (Fsp3) is 0.429. The highest BCUT2D eigenvalue weighted by atomic mass is 16.2. The Balaban J connectivity index is 1.70. The van der Waals surface area contributed by atoms with Crippen molar-refractivity contribution < 1.29 is 4.79 Å². The van der Waals surface area contributed by atoms with Crippen molar-refractivity contribution in [3.63, 3.8) is 0 Å². The highest BCUT2D eigenvalue weighted by Gasteiger charge is 2.40. The summed E-state index contributed by atoms with van der Waals surface area (Å²) in [5.74, 6) is 0.683. The second kappa shape index (κ2) is 4.06. The molecule has 19 heavy (non-hydrogen) atoms. The van der Waals surface area contributed by atoms with Crippen LogP contribution in [0.2, 0.25) is 0 Å². The zero-order valence-electron chi connectivity index (χ0n) is 10.6. The molecule has 2 fully saturated rings. The van der Waals surface area contributed by atoms with E-state index in [2.05, 4.69) is 15.5 Å². The summed E-state index contributed by atoms with van der Waals surface area (Å²) in [4.78, 5) is 14.7. The van der Waals surface area contributed by atoms with E-state index in [0.717, 1.165) is 37.0 Å². The highest BCUT2D eigenvalue weighted by Crippen LogP contribution is 2.29. The van der Waals surface area contributed by atoms with Crippen LogP contribution in [0.15, 0.2) is 24.3 Å². The summed E-state index contributed by atoms with van der Waals surface area (Å²) in [5, 5.41) is 11.4. The molecule has 1 aromatic heterocycles. The molecular formula is C14H16N4O. The number of aromatic amines is 1. The molecule has 1 aromatic carbocycles. The van der Waals surface area contributed by atoms with Crippen LogP contribution in [0.4, 0.5) is 0 Å². The fourth-order valence-corrected chi connectivity index (χ4v) is 3.36. The number of carbonyl (C=O) groups excluding carboxylic acids is 1. The zero-order chi connectivity index (χ0) is 12.8. The van der Waals surface area contributed by atoms with Gasteiger partial charge in [0, 0.05) is 31.1 Å². The van der Waals surface area contributed by atoms with Crippen LogP contribution < -0.4 is 5.32 Å². The van der Waals surface area contributed by atoms with Crippen LogP contribution in [0, 0.1) is 5.92 Å². The van der Waals surface area contributed by atoms with Crippen molar-refractivity contribution in [3.05, 3.63) is 30.0 Å². The van der Waals surface area contributed by atoms with E-state index in [-0.39, 0.29) is 5.91 Å². The van der Waals surface area contributed by atoms with Gasteiger partial charge in [0.15, 0.2) is 5.69 Å². The molecule has 98 valence electrons. The first-order chi connectivity index (χ1) is 9.34. The van der Waals surface area contributed by atoms with Crippen LogP contribution in [0.3, 0.4) is 0 Å². The molecule has 4 rings (SSSR count). The van der Waals surface area contributed by atoms with E-state index >= 15 is 0 Å². The number of fused-ring (bicyclic) bond motifs is 2. The van der Waals surface area contributed by atoms with E-state index in [4.69, 9.17) is 0 Å². The molecule has 2 saturated heterocycles. The first kappa shape index (κ1) is 11.0. The van der Waals surface area contributed by atoms with Gasteiger partial charge >= 0.3 is 0 Å². The molecule has 3 heterocycles. The first-order valence-electron chi connectivity index (χ1n) is 6.79. The lowest BCUT2D eigenvalue weighted by Crippen LogP contribution is -2.39. The van der Waals surface area contributed by atoms with Crippen LogP contribution in [0.25, 0.3) is 10.9 Å². The zero-order valence-corrected chi connectivity index (χ0v) is 10.6. The standard InChI is InChI=1S/C14H16N4O/c19-14(18-6-5-9-7-15-8-12(9)18)13-10-3-1-2-4-11(10)16-17-13/h1-4,9,12,15H,5-8H2,(H,16,17)/t9-,12+/m0/s1. The average Bonchev–Trinajstić information content (AvgIpc) is 3.12. The molecule has 0 radical (unpaired) electrons. The summed E-state index contributed by atoms with van der Waals surface area (Å²) in [6.45, 7) is 2.81. The lowest BCUT2D eigenvalue weighted by molar-refractivity contribution is 0.0733. The Morgan fingerprint density at radius 3 is 3.16 bits per heavy atom. The molecule has 2 aliphatic heterocycles. The normalized spacial score (nSPS) is 26.0. The molecule has 5 nitrogen and oxygen atoms in total. The minimum Gasteiger partial charge on any atom is -0.333 e. The lowest BCUT2D eigenvalue weighted by Gasteiger charge is -2.22. The number of nitrogens with one attached hydrogen (secondary N) is 2. The van der Waals surface area contributed by atoms with Gasteiger partial charge in [-0.2, -0.15) is 5.10 Å². The van der Waals surface area contributed by atoms with Gasteiger partial charge in [-0.25, -0.2) is 0 Å². The van der Waals surface area contributed by atoms with Gasteiger partial charge in [-0.3, -0.25) is 9.89 Å². The number of para-hydroxylation sites is 1. The third kappa shape index (κ3) is 1.58. The minimum absolute atomic E-state index is 0.0636. The van der Waals surface area contributed by atoms with Crippen molar-refractivity contribution in [2.24, 2.45) is 5.92 Å². The van der Waals surface area contributed by atoms with Gasteiger partial charge in [0.05, 0.1) is 5.52 Å². The van der Waals surface area contributed by atoms with Gasteiger partial charge in [-0.1, -0.05) is 18.2 Å². The number of likely N-dealkylation sites (tertiary alicyclic amines) is 1. The number of H-pyrrole nitrogens is 1. The minimum atomic E-state index is 0.0636. The Hall–Kier alpha value is -1.88. The van der Waals surface area contributed by atoms with E-state index in [0.29, 0.717) is 17.7 Å². The molecule has 0 spiro atoms. The van der Waals surface area contributed by atoms with Gasteiger partial charge < -0.3 is 10.2 Å². The van der Waals surface area contributed by atoms with Crippen molar-refractivity contribution in [2.75, 3.05) is 19.6 Å². The number of hydrogen-bond acceptors (Lipinski definition) is 3. The van der Waals surface area contributed by atoms with E-state index in [1.165, 1.54) is 0 Å². The molecule has 5 heteroatoms. The Morgan fingerprint density at radius 2 is 2.21 bits per heavy atom. The summed E-state index contributed by atoms with van der Waals surface area (Å²) in [7, 11) is 0.